The van der Waals surface area contributed by atoms with Crippen molar-refractivity contribution < 1.29 is 4.74 Å². The summed E-state index contributed by atoms with van der Waals surface area (Å²) >= 11 is 0. The van der Waals surface area contributed by atoms with Gasteiger partial charge >= 0.3 is 0 Å². The molecule has 1 N–H and O–H groups in total. The third-order valence-electron chi connectivity index (χ3n) is 3.35. The second-order valence-electron chi connectivity index (χ2n) is 4.40. The van der Waals surface area contributed by atoms with Crippen LogP contribution in [0.15, 0.2) is 12.3 Å². The quantitative estimate of drug-likeness (QED) is 0.818. The Morgan fingerprint density at radius 1 is 1.19 bits per heavy atom. The largest absolute Gasteiger partial charge is 0.493 e. The van der Waals surface area contributed by atoms with Gasteiger partial charge in [0.15, 0.2) is 0 Å². The van der Waals surface area contributed by atoms with E-state index in [2.05, 4.69) is 32.7 Å². The lowest BCUT2D eigenvalue weighted by Crippen LogP contribution is -2.02. The van der Waals surface area contributed by atoms with E-state index in [4.69, 9.17) is 4.74 Å². The standard InChI is InChI=1S/C14H19NO/c1-6-16-14-10(4)9(3)13-12(11(14)5)7-8(2)15-13/h15H,2,6-7H2,1,3-5H3. The molecule has 2 rings (SSSR count). The van der Waals surface area contributed by atoms with Crippen molar-refractivity contribution in [3.8, 4) is 5.75 Å². The molecule has 0 spiro atoms. The molecule has 2 nitrogen and oxygen atoms in total. The van der Waals surface area contributed by atoms with Crippen LogP contribution in [-0.4, -0.2) is 6.61 Å². The van der Waals surface area contributed by atoms with Crippen LogP contribution in [0.1, 0.15) is 29.2 Å². The van der Waals surface area contributed by atoms with Crippen molar-refractivity contribution in [3.63, 3.8) is 0 Å². The summed E-state index contributed by atoms with van der Waals surface area (Å²) in [6, 6.07) is 0. The smallest absolute Gasteiger partial charge is 0.125 e. The number of fused-ring (bicyclic) bond motifs is 1. The van der Waals surface area contributed by atoms with Gasteiger partial charge in [0, 0.05) is 17.8 Å². The van der Waals surface area contributed by atoms with Gasteiger partial charge in [-0.3, -0.25) is 0 Å². The maximum absolute atomic E-state index is 5.75. The number of anilines is 1. The fourth-order valence-corrected chi connectivity index (χ4v) is 2.38. The molecule has 0 saturated heterocycles. The summed E-state index contributed by atoms with van der Waals surface area (Å²) in [5, 5.41) is 3.37. The molecule has 1 aliphatic heterocycles. The van der Waals surface area contributed by atoms with Crippen LogP contribution < -0.4 is 10.1 Å². The average molecular weight is 217 g/mol. The lowest BCUT2D eigenvalue weighted by Gasteiger charge is -2.17. The Morgan fingerprint density at radius 2 is 1.88 bits per heavy atom. The number of benzene rings is 1. The van der Waals surface area contributed by atoms with Gasteiger partial charge in [0.2, 0.25) is 0 Å². The molecule has 1 aromatic carbocycles. The molecule has 0 fully saturated rings. The van der Waals surface area contributed by atoms with Crippen molar-refractivity contribution in [2.75, 3.05) is 11.9 Å². The molecule has 1 aromatic rings. The first-order chi connectivity index (χ1) is 7.56. The summed E-state index contributed by atoms with van der Waals surface area (Å²) in [7, 11) is 0. The van der Waals surface area contributed by atoms with Gasteiger partial charge < -0.3 is 10.1 Å². The number of hydrogen-bond acceptors (Lipinski definition) is 2. The first kappa shape index (κ1) is 11.1. The van der Waals surface area contributed by atoms with E-state index in [1.165, 1.54) is 27.9 Å². The van der Waals surface area contributed by atoms with E-state index in [1.54, 1.807) is 0 Å². The highest BCUT2D eigenvalue weighted by Gasteiger charge is 2.23. The molecule has 0 radical (unpaired) electrons. The molecular formula is C14H19NO. The number of nitrogens with one attached hydrogen (secondary N) is 1. The van der Waals surface area contributed by atoms with E-state index in [1.807, 2.05) is 6.92 Å². The Morgan fingerprint density at radius 3 is 2.50 bits per heavy atom. The van der Waals surface area contributed by atoms with Crippen LogP contribution in [0.4, 0.5) is 5.69 Å². The Bertz CT molecular complexity index is 461. The topological polar surface area (TPSA) is 21.3 Å². The van der Waals surface area contributed by atoms with E-state index in [-0.39, 0.29) is 0 Å². The summed E-state index contributed by atoms with van der Waals surface area (Å²) < 4.78 is 5.75. The van der Waals surface area contributed by atoms with E-state index in [0.717, 1.165) is 17.9 Å². The van der Waals surface area contributed by atoms with Gasteiger partial charge in [0.05, 0.1) is 6.61 Å². The van der Waals surface area contributed by atoms with Crippen LogP contribution in [0.25, 0.3) is 0 Å². The minimum absolute atomic E-state index is 0.717. The Kier molecular flexibility index (Phi) is 2.66. The first-order valence-electron chi connectivity index (χ1n) is 5.76. The summed E-state index contributed by atoms with van der Waals surface area (Å²) in [5.74, 6) is 1.05. The molecule has 1 heterocycles. The van der Waals surface area contributed by atoms with Crippen LogP contribution in [-0.2, 0) is 6.42 Å². The number of hydrogen-bond donors (Lipinski definition) is 1. The second-order valence-corrected chi connectivity index (χ2v) is 4.40. The fourth-order valence-electron chi connectivity index (χ4n) is 2.38. The molecule has 0 saturated carbocycles. The number of ether oxygens (including phenoxy) is 1. The van der Waals surface area contributed by atoms with Gasteiger partial charge in [0.1, 0.15) is 5.75 Å². The lowest BCUT2D eigenvalue weighted by molar-refractivity contribution is 0.335. The molecule has 1 aliphatic rings. The monoisotopic (exact) mass is 217 g/mol. The van der Waals surface area contributed by atoms with Crippen molar-refractivity contribution in [1.82, 2.24) is 0 Å². The van der Waals surface area contributed by atoms with E-state index >= 15 is 0 Å². The third kappa shape index (κ3) is 1.49. The SMILES string of the molecule is C=C1Cc2c(C)c(OCC)c(C)c(C)c2N1. The zero-order chi connectivity index (χ0) is 11.9. The van der Waals surface area contributed by atoms with Crippen molar-refractivity contribution in [1.29, 1.82) is 0 Å². The van der Waals surface area contributed by atoms with Crippen molar-refractivity contribution >= 4 is 5.69 Å². The molecule has 0 bridgehead atoms. The van der Waals surface area contributed by atoms with Gasteiger partial charge in [0.25, 0.3) is 0 Å². The minimum atomic E-state index is 0.717. The third-order valence-corrected chi connectivity index (χ3v) is 3.35. The van der Waals surface area contributed by atoms with E-state index in [0.29, 0.717) is 6.61 Å². The van der Waals surface area contributed by atoms with Gasteiger partial charge in [-0.2, -0.15) is 0 Å². The molecule has 0 unspecified atom stereocenters. The lowest BCUT2D eigenvalue weighted by atomic mass is 9.96. The number of allylic oxidation sites excluding steroid dienone is 1. The molecule has 0 amide bonds. The first-order valence-corrected chi connectivity index (χ1v) is 5.76. The maximum atomic E-state index is 5.75. The molecule has 86 valence electrons. The predicted molar refractivity (Wildman–Crippen MR) is 68.3 cm³/mol. The molecule has 0 aliphatic carbocycles. The van der Waals surface area contributed by atoms with Crippen LogP contribution in [0.5, 0.6) is 5.75 Å². The summed E-state index contributed by atoms with van der Waals surface area (Å²) in [5.41, 5.74) is 7.43. The Hall–Kier alpha value is -1.44. The van der Waals surface area contributed by atoms with Gasteiger partial charge in [-0.15, -0.1) is 0 Å². The molecular weight excluding hydrogens is 198 g/mol. The van der Waals surface area contributed by atoms with Gasteiger partial charge in [-0.1, -0.05) is 6.58 Å². The van der Waals surface area contributed by atoms with Crippen LogP contribution in [0.3, 0.4) is 0 Å². The van der Waals surface area contributed by atoms with Gasteiger partial charge in [-0.25, -0.2) is 0 Å². The highest BCUT2D eigenvalue weighted by Crippen LogP contribution is 2.40. The zero-order valence-electron chi connectivity index (χ0n) is 10.5. The highest BCUT2D eigenvalue weighted by molar-refractivity contribution is 5.73. The Labute approximate surface area is 97.3 Å². The van der Waals surface area contributed by atoms with Crippen molar-refractivity contribution in [2.24, 2.45) is 0 Å². The summed E-state index contributed by atoms with van der Waals surface area (Å²) in [6.07, 6.45) is 0.919. The zero-order valence-corrected chi connectivity index (χ0v) is 10.5. The fraction of sp³-hybridized carbons (Fsp3) is 0.429. The normalized spacial score (nSPS) is 13.6. The molecule has 16 heavy (non-hydrogen) atoms. The summed E-state index contributed by atoms with van der Waals surface area (Å²) in [4.78, 5) is 0. The molecule has 0 aromatic heterocycles. The minimum Gasteiger partial charge on any atom is -0.493 e. The maximum Gasteiger partial charge on any atom is 0.125 e. The van der Waals surface area contributed by atoms with Gasteiger partial charge in [-0.05, 0) is 49.9 Å². The van der Waals surface area contributed by atoms with E-state index in [9.17, 15) is 0 Å². The molecule has 0 atom stereocenters. The predicted octanol–water partition coefficient (Wildman–Crippen LogP) is 3.49. The van der Waals surface area contributed by atoms with Crippen LogP contribution >= 0.6 is 0 Å². The van der Waals surface area contributed by atoms with Crippen molar-refractivity contribution in [3.05, 3.63) is 34.5 Å². The molecule has 2 heteroatoms. The van der Waals surface area contributed by atoms with Crippen LogP contribution in [0.2, 0.25) is 0 Å². The summed E-state index contributed by atoms with van der Waals surface area (Å²) in [6.45, 7) is 13.1. The van der Waals surface area contributed by atoms with E-state index < -0.39 is 0 Å². The second kappa shape index (κ2) is 3.85. The Balaban J connectivity index is 2.64. The van der Waals surface area contributed by atoms with Crippen molar-refractivity contribution in [2.45, 2.75) is 34.1 Å². The highest BCUT2D eigenvalue weighted by atomic mass is 16.5. The van der Waals surface area contributed by atoms with Crippen LogP contribution in [0, 0.1) is 20.8 Å². The average Bonchev–Trinajstić information content (AvgIpc) is 2.64. The number of rotatable bonds is 2.